The first-order chi connectivity index (χ1) is 12.7. The van der Waals surface area contributed by atoms with Gasteiger partial charge in [-0.15, -0.1) is 11.3 Å². The predicted molar refractivity (Wildman–Crippen MR) is 108 cm³/mol. The number of rotatable bonds is 5. The van der Waals surface area contributed by atoms with E-state index in [0.29, 0.717) is 18.8 Å². The van der Waals surface area contributed by atoms with Crippen LogP contribution in [0.4, 0.5) is 0 Å². The van der Waals surface area contributed by atoms with Crippen molar-refractivity contribution in [2.75, 3.05) is 0 Å². The highest BCUT2D eigenvalue weighted by atomic mass is 32.1. The Labute approximate surface area is 156 Å². The maximum atomic E-state index is 12.9. The first-order valence-corrected chi connectivity index (χ1v) is 9.54. The van der Waals surface area contributed by atoms with E-state index in [-0.39, 0.29) is 5.91 Å². The largest absolute Gasteiger partial charge is 0.347 e. The summed E-state index contributed by atoms with van der Waals surface area (Å²) in [5.41, 5.74) is 5.39. The zero-order valence-electron chi connectivity index (χ0n) is 14.6. The molecular weight excluding hydrogens is 340 g/mol. The van der Waals surface area contributed by atoms with E-state index in [2.05, 4.69) is 40.4 Å². The second-order valence-electron chi connectivity index (χ2n) is 6.38. The average molecular weight is 360 g/mol. The van der Waals surface area contributed by atoms with E-state index in [1.807, 2.05) is 48.5 Å². The van der Waals surface area contributed by atoms with Crippen molar-refractivity contribution in [2.45, 2.75) is 20.0 Å². The average Bonchev–Trinajstić information content (AvgIpc) is 3.25. The number of amides is 1. The topological polar surface area (TPSA) is 34.0 Å². The van der Waals surface area contributed by atoms with E-state index < -0.39 is 0 Å². The fourth-order valence-electron chi connectivity index (χ4n) is 3.16. The summed E-state index contributed by atoms with van der Waals surface area (Å²) in [5.74, 6) is -0.0363. The highest BCUT2D eigenvalue weighted by Crippen LogP contribution is 2.27. The van der Waals surface area contributed by atoms with Crippen LogP contribution in [-0.2, 0) is 13.1 Å². The molecule has 4 heteroatoms. The Morgan fingerprint density at radius 1 is 1.04 bits per heavy atom. The van der Waals surface area contributed by atoms with Gasteiger partial charge < -0.3 is 9.88 Å². The van der Waals surface area contributed by atoms with Gasteiger partial charge in [0.25, 0.3) is 5.91 Å². The molecule has 130 valence electrons. The number of hydrogen-bond acceptors (Lipinski definition) is 2. The number of aromatic nitrogens is 1. The summed E-state index contributed by atoms with van der Waals surface area (Å²) in [4.78, 5) is 12.9. The van der Waals surface area contributed by atoms with Crippen molar-refractivity contribution in [1.29, 1.82) is 0 Å². The van der Waals surface area contributed by atoms with Gasteiger partial charge in [0.1, 0.15) is 5.69 Å². The molecule has 1 amide bonds. The highest BCUT2D eigenvalue weighted by molar-refractivity contribution is 7.17. The van der Waals surface area contributed by atoms with Crippen LogP contribution in [0.15, 0.2) is 72.1 Å². The third-order valence-corrected chi connectivity index (χ3v) is 5.49. The summed E-state index contributed by atoms with van der Waals surface area (Å²) in [6.45, 7) is 3.34. The maximum Gasteiger partial charge on any atom is 0.268 e. The first-order valence-electron chi connectivity index (χ1n) is 8.66. The fraction of sp³-hybridized carbons (Fsp3) is 0.136. The third-order valence-electron chi connectivity index (χ3n) is 4.64. The maximum absolute atomic E-state index is 12.9. The molecule has 0 bridgehead atoms. The number of thiophene rings is 1. The van der Waals surface area contributed by atoms with Crippen LogP contribution >= 0.6 is 11.3 Å². The number of carbonyl (C=O) groups is 1. The zero-order valence-corrected chi connectivity index (χ0v) is 15.4. The molecule has 0 atom stereocenters. The van der Waals surface area contributed by atoms with Gasteiger partial charge in [-0.2, -0.15) is 0 Å². The van der Waals surface area contributed by atoms with Gasteiger partial charge in [-0.3, -0.25) is 4.79 Å². The minimum absolute atomic E-state index is 0.0363. The molecule has 0 aliphatic rings. The van der Waals surface area contributed by atoms with Crippen molar-refractivity contribution in [3.8, 4) is 0 Å². The Balaban J connectivity index is 1.63. The molecule has 2 heterocycles. The Hall–Kier alpha value is -2.85. The molecule has 3 nitrogen and oxygen atoms in total. The monoisotopic (exact) mass is 360 g/mol. The summed E-state index contributed by atoms with van der Waals surface area (Å²) in [6.07, 6.45) is 0. The molecule has 0 saturated carbocycles. The molecule has 0 spiro atoms. The molecule has 0 saturated heterocycles. The van der Waals surface area contributed by atoms with E-state index in [1.165, 1.54) is 11.1 Å². The van der Waals surface area contributed by atoms with Crippen molar-refractivity contribution in [1.82, 2.24) is 9.88 Å². The number of fused-ring (bicyclic) bond motifs is 1. The van der Waals surface area contributed by atoms with E-state index in [0.717, 1.165) is 15.8 Å². The van der Waals surface area contributed by atoms with Gasteiger partial charge in [-0.25, -0.2) is 0 Å². The van der Waals surface area contributed by atoms with Crippen LogP contribution in [0.2, 0.25) is 0 Å². The molecule has 26 heavy (non-hydrogen) atoms. The number of hydrogen-bond donors (Lipinski definition) is 1. The van der Waals surface area contributed by atoms with Crippen LogP contribution in [0.25, 0.3) is 10.2 Å². The van der Waals surface area contributed by atoms with Gasteiger partial charge in [0.15, 0.2) is 0 Å². The molecule has 0 unspecified atom stereocenters. The quantitative estimate of drug-likeness (QED) is 0.534. The van der Waals surface area contributed by atoms with Gasteiger partial charge in [-0.1, -0.05) is 54.6 Å². The molecule has 0 radical (unpaired) electrons. The number of aryl methyl sites for hydroxylation is 1. The summed E-state index contributed by atoms with van der Waals surface area (Å²) in [5, 5.41) is 5.13. The second kappa shape index (κ2) is 7.18. The van der Waals surface area contributed by atoms with Crippen molar-refractivity contribution in [3.05, 3.63) is 94.5 Å². The molecule has 2 aromatic heterocycles. The lowest BCUT2D eigenvalue weighted by atomic mass is 10.1. The predicted octanol–water partition coefficient (Wildman–Crippen LogP) is 4.99. The SMILES string of the molecule is Cc1ccccc1Cn1c(C(=O)NCc2ccccc2)cc2sccc21. The van der Waals surface area contributed by atoms with Gasteiger partial charge >= 0.3 is 0 Å². The molecule has 2 aromatic carbocycles. The number of nitrogens with zero attached hydrogens (tertiary/aromatic N) is 1. The molecule has 4 aromatic rings. The fourth-order valence-corrected chi connectivity index (χ4v) is 3.98. The van der Waals surface area contributed by atoms with Crippen LogP contribution in [0.1, 0.15) is 27.2 Å². The summed E-state index contributed by atoms with van der Waals surface area (Å²) in [7, 11) is 0. The van der Waals surface area contributed by atoms with E-state index in [1.54, 1.807) is 11.3 Å². The van der Waals surface area contributed by atoms with Gasteiger partial charge in [0, 0.05) is 13.1 Å². The summed E-state index contributed by atoms with van der Waals surface area (Å²) in [6, 6.07) is 22.4. The normalized spacial score (nSPS) is 11.0. The van der Waals surface area contributed by atoms with Gasteiger partial charge in [-0.05, 0) is 41.1 Å². The Morgan fingerprint density at radius 3 is 2.62 bits per heavy atom. The lowest BCUT2D eigenvalue weighted by Gasteiger charge is -2.12. The van der Waals surface area contributed by atoms with Crippen LogP contribution in [0.5, 0.6) is 0 Å². The Kier molecular flexibility index (Phi) is 4.59. The third kappa shape index (κ3) is 3.28. The summed E-state index contributed by atoms with van der Waals surface area (Å²) >= 11 is 1.67. The van der Waals surface area contributed by atoms with Crippen LogP contribution in [-0.4, -0.2) is 10.5 Å². The molecule has 0 fully saturated rings. The second-order valence-corrected chi connectivity index (χ2v) is 7.33. The minimum Gasteiger partial charge on any atom is -0.347 e. The number of nitrogens with one attached hydrogen (secondary N) is 1. The lowest BCUT2D eigenvalue weighted by molar-refractivity contribution is 0.0942. The highest BCUT2D eigenvalue weighted by Gasteiger charge is 2.17. The van der Waals surface area contributed by atoms with Gasteiger partial charge in [0.2, 0.25) is 0 Å². The number of benzene rings is 2. The van der Waals surface area contributed by atoms with Gasteiger partial charge in [0.05, 0.1) is 10.2 Å². The van der Waals surface area contributed by atoms with Crippen molar-refractivity contribution in [2.24, 2.45) is 0 Å². The van der Waals surface area contributed by atoms with Crippen molar-refractivity contribution >= 4 is 27.5 Å². The van der Waals surface area contributed by atoms with Crippen LogP contribution in [0, 0.1) is 6.92 Å². The Morgan fingerprint density at radius 2 is 1.81 bits per heavy atom. The number of carbonyl (C=O) groups excluding carboxylic acids is 1. The molecule has 0 aliphatic carbocycles. The van der Waals surface area contributed by atoms with Crippen molar-refractivity contribution in [3.63, 3.8) is 0 Å². The van der Waals surface area contributed by atoms with E-state index in [4.69, 9.17) is 0 Å². The lowest BCUT2D eigenvalue weighted by Crippen LogP contribution is -2.25. The Bertz CT molecular complexity index is 1050. The minimum atomic E-state index is -0.0363. The molecular formula is C22H20N2OS. The van der Waals surface area contributed by atoms with E-state index >= 15 is 0 Å². The van der Waals surface area contributed by atoms with Crippen LogP contribution in [0.3, 0.4) is 0 Å². The summed E-state index contributed by atoms with van der Waals surface area (Å²) < 4.78 is 3.26. The standard InChI is InChI=1S/C22H20N2OS/c1-16-7-5-6-10-18(16)15-24-19-11-12-26-21(19)13-20(24)22(25)23-14-17-8-3-2-4-9-17/h2-13H,14-15H2,1H3,(H,23,25). The van der Waals surface area contributed by atoms with Crippen LogP contribution < -0.4 is 5.32 Å². The van der Waals surface area contributed by atoms with Crippen molar-refractivity contribution < 1.29 is 4.79 Å². The molecule has 0 aliphatic heterocycles. The first kappa shape index (κ1) is 16.6. The van der Waals surface area contributed by atoms with E-state index in [9.17, 15) is 4.79 Å². The zero-order chi connectivity index (χ0) is 17.9. The smallest absolute Gasteiger partial charge is 0.268 e. The molecule has 1 N–H and O–H groups in total. The molecule has 4 rings (SSSR count).